The summed E-state index contributed by atoms with van der Waals surface area (Å²) in [5, 5.41) is 0. The zero-order valence-corrected chi connectivity index (χ0v) is 12.3. The summed E-state index contributed by atoms with van der Waals surface area (Å²) < 4.78 is 5.11. The van der Waals surface area contributed by atoms with E-state index in [9.17, 15) is 9.59 Å². The van der Waals surface area contributed by atoms with Gasteiger partial charge in [0.05, 0.1) is 13.7 Å². The lowest BCUT2D eigenvalue weighted by Gasteiger charge is -2.17. The standard InChI is InChI=1S/C15H20N2O3/c1-16(2)15(19)11-17(3)14(18)9-8-12-6-5-7-13(10-12)20-4/h5-10H,11H2,1-4H3/b9-8+. The number of benzene rings is 1. The Hall–Kier alpha value is -2.30. The lowest BCUT2D eigenvalue weighted by atomic mass is 10.2. The largest absolute Gasteiger partial charge is 0.497 e. The highest BCUT2D eigenvalue weighted by molar-refractivity contribution is 5.94. The number of likely N-dealkylation sites (N-methyl/N-ethyl adjacent to an activating group) is 2. The molecule has 5 heteroatoms. The van der Waals surface area contributed by atoms with Crippen molar-refractivity contribution in [3.05, 3.63) is 35.9 Å². The maximum absolute atomic E-state index is 11.9. The highest BCUT2D eigenvalue weighted by atomic mass is 16.5. The first-order chi connectivity index (χ1) is 9.43. The van der Waals surface area contributed by atoms with Crippen molar-refractivity contribution in [1.82, 2.24) is 9.80 Å². The number of hydrogen-bond donors (Lipinski definition) is 0. The molecule has 0 N–H and O–H groups in total. The topological polar surface area (TPSA) is 49.9 Å². The predicted molar refractivity (Wildman–Crippen MR) is 78.4 cm³/mol. The van der Waals surface area contributed by atoms with E-state index in [2.05, 4.69) is 0 Å². The molecule has 0 unspecified atom stereocenters. The van der Waals surface area contributed by atoms with Gasteiger partial charge >= 0.3 is 0 Å². The molecule has 0 bridgehead atoms. The molecule has 1 aromatic carbocycles. The number of hydrogen-bond acceptors (Lipinski definition) is 3. The number of rotatable bonds is 5. The van der Waals surface area contributed by atoms with Crippen LogP contribution in [-0.2, 0) is 9.59 Å². The van der Waals surface area contributed by atoms with Gasteiger partial charge in [0.25, 0.3) is 0 Å². The first kappa shape index (κ1) is 15.8. The number of methoxy groups -OCH3 is 1. The fourth-order valence-electron chi connectivity index (χ4n) is 1.46. The summed E-state index contributed by atoms with van der Waals surface area (Å²) in [7, 11) is 6.51. The third-order valence-electron chi connectivity index (χ3n) is 2.76. The lowest BCUT2D eigenvalue weighted by molar-refractivity contribution is -0.135. The third kappa shape index (κ3) is 4.76. The van der Waals surface area contributed by atoms with Gasteiger partial charge in [-0.2, -0.15) is 0 Å². The molecule has 0 saturated carbocycles. The van der Waals surface area contributed by atoms with Crippen LogP contribution in [0.5, 0.6) is 5.75 Å². The zero-order chi connectivity index (χ0) is 15.1. The van der Waals surface area contributed by atoms with Gasteiger partial charge in [-0.25, -0.2) is 0 Å². The van der Waals surface area contributed by atoms with E-state index < -0.39 is 0 Å². The average Bonchev–Trinajstić information content (AvgIpc) is 2.44. The highest BCUT2D eigenvalue weighted by Gasteiger charge is 2.11. The maximum Gasteiger partial charge on any atom is 0.246 e. The second kappa shape index (κ2) is 7.33. The molecule has 0 saturated heterocycles. The molecule has 0 spiro atoms. The number of nitrogens with zero attached hydrogens (tertiary/aromatic N) is 2. The monoisotopic (exact) mass is 276 g/mol. The minimum atomic E-state index is -0.219. The van der Waals surface area contributed by atoms with Crippen molar-refractivity contribution < 1.29 is 14.3 Å². The van der Waals surface area contributed by atoms with Crippen LogP contribution < -0.4 is 4.74 Å². The van der Waals surface area contributed by atoms with Crippen molar-refractivity contribution >= 4 is 17.9 Å². The molecule has 1 aromatic rings. The predicted octanol–water partition coefficient (Wildman–Crippen LogP) is 1.25. The minimum Gasteiger partial charge on any atom is -0.497 e. The molecule has 0 fully saturated rings. The average molecular weight is 276 g/mol. The van der Waals surface area contributed by atoms with Crippen LogP contribution in [0.3, 0.4) is 0 Å². The van der Waals surface area contributed by atoms with Gasteiger partial charge in [0.15, 0.2) is 0 Å². The molecular weight excluding hydrogens is 256 g/mol. The molecule has 0 heterocycles. The van der Waals surface area contributed by atoms with Crippen molar-refractivity contribution in [2.24, 2.45) is 0 Å². The van der Waals surface area contributed by atoms with E-state index in [0.29, 0.717) is 0 Å². The van der Waals surface area contributed by atoms with E-state index >= 15 is 0 Å². The molecular formula is C15H20N2O3. The SMILES string of the molecule is COc1cccc(/C=C/C(=O)N(C)CC(=O)N(C)C)c1. The Bertz CT molecular complexity index is 510. The van der Waals surface area contributed by atoms with Gasteiger partial charge in [-0.15, -0.1) is 0 Å². The Morgan fingerprint density at radius 3 is 2.55 bits per heavy atom. The summed E-state index contributed by atoms with van der Waals surface area (Å²) in [5.41, 5.74) is 0.866. The van der Waals surface area contributed by atoms with Gasteiger partial charge in [-0.05, 0) is 23.8 Å². The van der Waals surface area contributed by atoms with E-state index in [1.807, 2.05) is 24.3 Å². The minimum absolute atomic E-state index is 0.0638. The van der Waals surface area contributed by atoms with Gasteiger partial charge in [0.1, 0.15) is 5.75 Å². The fourth-order valence-corrected chi connectivity index (χ4v) is 1.46. The van der Waals surface area contributed by atoms with E-state index in [-0.39, 0.29) is 18.4 Å². The van der Waals surface area contributed by atoms with Crippen LogP contribution in [-0.4, -0.2) is 56.4 Å². The number of amides is 2. The molecule has 0 radical (unpaired) electrons. The fraction of sp³-hybridized carbons (Fsp3) is 0.333. The number of carbonyl (C=O) groups excluding carboxylic acids is 2. The first-order valence-corrected chi connectivity index (χ1v) is 6.21. The molecule has 0 atom stereocenters. The molecule has 2 amide bonds. The Morgan fingerprint density at radius 2 is 1.95 bits per heavy atom. The van der Waals surface area contributed by atoms with Crippen molar-refractivity contribution in [1.29, 1.82) is 0 Å². The highest BCUT2D eigenvalue weighted by Crippen LogP contribution is 2.13. The van der Waals surface area contributed by atoms with E-state index in [0.717, 1.165) is 11.3 Å². The first-order valence-electron chi connectivity index (χ1n) is 6.21. The summed E-state index contributed by atoms with van der Waals surface area (Å²) in [6.07, 6.45) is 3.14. The number of carbonyl (C=O) groups is 2. The maximum atomic E-state index is 11.9. The van der Waals surface area contributed by atoms with Crippen LogP contribution in [0.15, 0.2) is 30.3 Å². The Morgan fingerprint density at radius 1 is 1.25 bits per heavy atom. The van der Waals surface area contributed by atoms with Crippen LogP contribution >= 0.6 is 0 Å². The van der Waals surface area contributed by atoms with Crippen LogP contribution in [0.1, 0.15) is 5.56 Å². The van der Waals surface area contributed by atoms with Crippen molar-refractivity contribution in [2.75, 3.05) is 34.8 Å². The van der Waals surface area contributed by atoms with Gasteiger partial charge in [0.2, 0.25) is 11.8 Å². The molecule has 0 aliphatic heterocycles. The van der Waals surface area contributed by atoms with Crippen LogP contribution in [0.4, 0.5) is 0 Å². The van der Waals surface area contributed by atoms with E-state index in [1.54, 1.807) is 34.3 Å². The Kier molecular flexibility index (Phi) is 5.77. The van der Waals surface area contributed by atoms with Crippen LogP contribution in [0.25, 0.3) is 6.08 Å². The van der Waals surface area contributed by atoms with E-state index in [1.165, 1.54) is 15.9 Å². The summed E-state index contributed by atoms with van der Waals surface area (Å²) in [5.74, 6) is 0.398. The molecule has 20 heavy (non-hydrogen) atoms. The third-order valence-corrected chi connectivity index (χ3v) is 2.76. The van der Waals surface area contributed by atoms with Gasteiger partial charge < -0.3 is 14.5 Å². The smallest absolute Gasteiger partial charge is 0.246 e. The van der Waals surface area contributed by atoms with Gasteiger partial charge in [-0.3, -0.25) is 9.59 Å². The number of ether oxygens (including phenoxy) is 1. The van der Waals surface area contributed by atoms with Crippen LogP contribution in [0.2, 0.25) is 0 Å². The van der Waals surface area contributed by atoms with Crippen molar-refractivity contribution in [3.8, 4) is 5.75 Å². The molecule has 108 valence electrons. The van der Waals surface area contributed by atoms with E-state index in [4.69, 9.17) is 4.74 Å². The summed E-state index contributed by atoms with van der Waals surface area (Å²) >= 11 is 0. The molecule has 1 rings (SSSR count). The second-order valence-electron chi connectivity index (χ2n) is 4.59. The molecule has 5 nitrogen and oxygen atoms in total. The van der Waals surface area contributed by atoms with Crippen molar-refractivity contribution in [3.63, 3.8) is 0 Å². The normalized spacial score (nSPS) is 10.4. The second-order valence-corrected chi connectivity index (χ2v) is 4.59. The summed E-state index contributed by atoms with van der Waals surface area (Å²) in [6, 6.07) is 7.38. The zero-order valence-electron chi connectivity index (χ0n) is 12.3. The lowest BCUT2D eigenvalue weighted by Crippen LogP contribution is -2.36. The van der Waals surface area contributed by atoms with Gasteiger partial charge in [-0.1, -0.05) is 12.1 Å². The summed E-state index contributed by atoms with van der Waals surface area (Å²) in [6.45, 7) is 0.0638. The molecule has 0 aromatic heterocycles. The molecule has 0 aliphatic carbocycles. The summed E-state index contributed by atoms with van der Waals surface area (Å²) in [4.78, 5) is 26.2. The quantitative estimate of drug-likeness (QED) is 0.761. The molecule has 0 aliphatic rings. The Labute approximate surface area is 119 Å². The van der Waals surface area contributed by atoms with Crippen LogP contribution in [0, 0.1) is 0 Å². The Balaban J connectivity index is 2.64. The van der Waals surface area contributed by atoms with Gasteiger partial charge in [0, 0.05) is 27.2 Å². The van der Waals surface area contributed by atoms with Crippen molar-refractivity contribution in [2.45, 2.75) is 0 Å².